The van der Waals surface area contributed by atoms with E-state index in [-0.39, 0.29) is 33.9 Å². The van der Waals surface area contributed by atoms with E-state index in [1.54, 1.807) is 43.3 Å². The van der Waals surface area contributed by atoms with E-state index in [0.29, 0.717) is 11.1 Å². The van der Waals surface area contributed by atoms with E-state index in [4.69, 9.17) is 0 Å². The first-order valence-corrected chi connectivity index (χ1v) is 7.48. The van der Waals surface area contributed by atoms with Gasteiger partial charge in [0.25, 0.3) is 0 Å². The van der Waals surface area contributed by atoms with Gasteiger partial charge in [0.15, 0.2) is 11.6 Å². The van der Waals surface area contributed by atoms with Crippen molar-refractivity contribution in [2.45, 2.75) is 20.8 Å². The van der Waals surface area contributed by atoms with Crippen molar-refractivity contribution in [2.24, 2.45) is 0 Å². The van der Waals surface area contributed by atoms with Crippen molar-refractivity contribution >= 4 is 29.1 Å². The van der Waals surface area contributed by atoms with Gasteiger partial charge >= 0.3 is 0 Å². The van der Waals surface area contributed by atoms with Crippen LogP contribution in [-0.2, 0) is 9.59 Å². The third-order valence-electron chi connectivity index (χ3n) is 4.12. The molecule has 0 heterocycles. The fraction of sp³-hybridized carbons (Fsp3) is 0.158. The van der Waals surface area contributed by atoms with Gasteiger partial charge in [0.1, 0.15) is 0 Å². The van der Waals surface area contributed by atoms with Gasteiger partial charge in [0, 0.05) is 30.5 Å². The fourth-order valence-electron chi connectivity index (χ4n) is 3.10. The second-order valence-electron chi connectivity index (χ2n) is 5.73. The summed E-state index contributed by atoms with van der Waals surface area (Å²) in [7, 11) is 0. The maximum Gasteiger partial charge on any atom is 0.230 e. The smallest absolute Gasteiger partial charge is 0.230 e. The molecule has 2 aromatic carbocycles. The molecule has 0 aliphatic heterocycles. The molecule has 0 fully saturated rings. The highest BCUT2D eigenvalue weighted by molar-refractivity contribution is 6.32. The summed E-state index contributed by atoms with van der Waals surface area (Å²) >= 11 is 0. The van der Waals surface area contributed by atoms with Crippen LogP contribution in [0.25, 0.3) is 0 Å². The third-order valence-corrected chi connectivity index (χ3v) is 4.12. The lowest BCUT2D eigenvalue weighted by Gasteiger charge is -2.26. The van der Waals surface area contributed by atoms with Crippen molar-refractivity contribution in [1.82, 2.24) is 0 Å². The van der Waals surface area contributed by atoms with Crippen molar-refractivity contribution < 1.29 is 19.2 Å². The molecular formula is C19H15NO4. The molecule has 2 aromatic rings. The largest absolute Gasteiger partial charge is 0.289 e. The maximum atomic E-state index is 13.0. The Morgan fingerprint density at radius 1 is 0.792 bits per heavy atom. The topological polar surface area (TPSA) is 71.5 Å². The summed E-state index contributed by atoms with van der Waals surface area (Å²) < 4.78 is 0. The van der Waals surface area contributed by atoms with Crippen LogP contribution in [-0.4, -0.2) is 23.4 Å². The summed E-state index contributed by atoms with van der Waals surface area (Å²) in [5.41, 5.74) is 1.73. The minimum atomic E-state index is -0.502. The van der Waals surface area contributed by atoms with Crippen LogP contribution >= 0.6 is 0 Å². The molecule has 0 unspecified atom stereocenters. The minimum absolute atomic E-state index is 0.115. The Bertz CT molecular complexity index is 913. The normalized spacial score (nSPS) is 12.5. The van der Waals surface area contributed by atoms with Gasteiger partial charge in [0.05, 0.1) is 11.3 Å². The first-order chi connectivity index (χ1) is 11.3. The number of benzene rings is 2. The SMILES string of the molecule is CC(=O)N(C(C)=O)c1c(C)ccc2c1C(=O)c1ccccc1C2=O. The molecule has 1 aliphatic rings. The second-order valence-corrected chi connectivity index (χ2v) is 5.73. The fourth-order valence-corrected chi connectivity index (χ4v) is 3.10. The molecule has 120 valence electrons. The molecule has 0 spiro atoms. The molecule has 0 aromatic heterocycles. The van der Waals surface area contributed by atoms with Crippen LogP contribution in [0.3, 0.4) is 0 Å². The molecule has 0 radical (unpaired) electrons. The van der Waals surface area contributed by atoms with Crippen LogP contribution in [0.15, 0.2) is 36.4 Å². The number of aryl methyl sites for hydroxylation is 1. The van der Waals surface area contributed by atoms with Gasteiger partial charge < -0.3 is 0 Å². The molecule has 0 saturated carbocycles. The Kier molecular flexibility index (Phi) is 3.64. The quantitative estimate of drug-likeness (QED) is 0.691. The lowest BCUT2D eigenvalue weighted by Crippen LogP contribution is -2.36. The van der Waals surface area contributed by atoms with Gasteiger partial charge in [-0.25, -0.2) is 0 Å². The van der Waals surface area contributed by atoms with E-state index in [2.05, 4.69) is 0 Å². The zero-order chi connectivity index (χ0) is 17.6. The number of hydrogen-bond acceptors (Lipinski definition) is 4. The number of nitrogens with zero attached hydrogens (tertiary/aromatic N) is 1. The number of rotatable bonds is 1. The molecular weight excluding hydrogens is 306 g/mol. The standard InChI is InChI=1S/C19H15NO4/c1-10-8-9-15-16(17(10)20(11(2)21)12(3)22)19(24)14-7-5-4-6-13(14)18(15)23/h4-9H,1-3H3. The van der Waals surface area contributed by atoms with Crippen LogP contribution < -0.4 is 4.90 Å². The molecule has 5 nitrogen and oxygen atoms in total. The molecule has 0 N–H and O–H groups in total. The number of imide groups is 1. The number of carbonyl (C=O) groups excluding carboxylic acids is 4. The van der Waals surface area contributed by atoms with E-state index < -0.39 is 11.8 Å². The molecule has 0 atom stereocenters. The average molecular weight is 321 g/mol. The van der Waals surface area contributed by atoms with Crippen LogP contribution in [0, 0.1) is 6.92 Å². The highest BCUT2D eigenvalue weighted by Gasteiger charge is 2.35. The van der Waals surface area contributed by atoms with Gasteiger partial charge in [-0.05, 0) is 18.6 Å². The van der Waals surface area contributed by atoms with Crippen molar-refractivity contribution in [2.75, 3.05) is 4.90 Å². The first-order valence-electron chi connectivity index (χ1n) is 7.48. The Morgan fingerprint density at radius 3 is 1.88 bits per heavy atom. The van der Waals surface area contributed by atoms with Crippen LogP contribution in [0.4, 0.5) is 5.69 Å². The van der Waals surface area contributed by atoms with Gasteiger partial charge in [-0.2, -0.15) is 0 Å². The van der Waals surface area contributed by atoms with E-state index in [0.717, 1.165) is 4.90 Å². The highest BCUT2D eigenvalue weighted by Crippen LogP contribution is 2.36. The highest BCUT2D eigenvalue weighted by atomic mass is 16.2. The number of fused-ring (bicyclic) bond motifs is 2. The van der Waals surface area contributed by atoms with E-state index in [1.807, 2.05) is 0 Å². The molecule has 0 saturated heterocycles. The molecule has 3 rings (SSSR count). The van der Waals surface area contributed by atoms with E-state index in [9.17, 15) is 19.2 Å². The van der Waals surface area contributed by atoms with Crippen molar-refractivity contribution in [3.05, 3.63) is 64.2 Å². The minimum Gasteiger partial charge on any atom is -0.289 e. The summed E-state index contributed by atoms with van der Waals surface area (Å²) in [5, 5.41) is 0. The van der Waals surface area contributed by atoms with Gasteiger partial charge in [0.2, 0.25) is 11.8 Å². The predicted octanol–water partition coefficient (Wildman–Crippen LogP) is 2.67. The monoisotopic (exact) mass is 321 g/mol. The van der Waals surface area contributed by atoms with Gasteiger partial charge in [-0.3, -0.25) is 24.1 Å². The van der Waals surface area contributed by atoms with Crippen molar-refractivity contribution in [1.29, 1.82) is 0 Å². The lowest BCUT2D eigenvalue weighted by atomic mass is 9.82. The van der Waals surface area contributed by atoms with Crippen LogP contribution in [0.5, 0.6) is 0 Å². The Morgan fingerprint density at radius 2 is 1.33 bits per heavy atom. The Labute approximate surface area is 138 Å². The van der Waals surface area contributed by atoms with Crippen LogP contribution in [0.1, 0.15) is 51.3 Å². The summed E-state index contributed by atoms with van der Waals surface area (Å²) in [4.78, 5) is 50.6. The van der Waals surface area contributed by atoms with Crippen molar-refractivity contribution in [3.63, 3.8) is 0 Å². The number of ketones is 2. The number of anilines is 1. The zero-order valence-electron chi connectivity index (χ0n) is 13.5. The molecule has 1 aliphatic carbocycles. The first kappa shape index (κ1) is 15.8. The summed E-state index contributed by atoms with van der Waals surface area (Å²) in [5.74, 6) is -1.64. The third kappa shape index (κ3) is 2.17. The number of hydrogen-bond donors (Lipinski definition) is 0. The number of carbonyl (C=O) groups is 4. The van der Waals surface area contributed by atoms with E-state index in [1.165, 1.54) is 13.8 Å². The van der Waals surface area contributed by atoms with Crippen LogP contribution in [0.2, 0.25) is 0 Å². The Balaban J connectivity index is 2.36. The molecule has 2 amide bonds. The average Bonchev–Trinajstić information content (AvgIpc) is 2.53. The molecule has 0 bridgehead atoms. The zero-order valence-corrected chi connectivity index (χ0v) is 13.5. The number of amides is 2. The second kappa shape index (κ2) is 5.53. The van der Waals surface area contributed by atoms with E-state index >= 15 is 0 Å². The molecule has 5 heteroatoms. The molecule has 24 heavy (non-hydrogen) atoms. The summed E-state index contributed by atoms with van der Waals surface area (Å²) in [6, 6.07) is 9.77. The Hall–Kier alpha value is -3.08. The lowest BCUT2D eigenvalue weighted by molar-refractivity contribution is -0.124. The van der Waals surface area contributed by atoms with Gasteiger partial charge in [-0.1, -0.05) is 30.3 Å². The summed E-state index contributed by atoms with van der Waals surface area (Å²) in [6.45, 7) is 4.21. The maximum absolute atomic E-state index is 13.0. The van der Waals surface area contributed by atoms with Gasteiger partial charge in [-0.15, -0.1) is 0 Å². The summed E-state index contributed by atoms with van der Waals surface area (Å²) in [6.07, 6.45) is 0. The predicted molar refractivity (Wildman–Crippen MR) is 88.3 cm³/mol. The van der Waals surface area contributed by atoms with Crippen molar-refractivity contribution in [3.8, 4) is 0 Å².